The number of halogens is 3. The number of thiophene rings is 1. The Morgan fingerprint density at radius 1 is 1.34 bits per heavy atom. The second-order valence-electron chi connectivity index (χ2n) is 7.57. The van der Waals surface area contributed by atoms with E-state index in [0.29, 0.717) is 41.4 Å². The molecule has 1 aliphatic rings. The quantitative estimate of drug-likeness (QED) is 0.586. The lowest BCUT2D eigenvalue weighted by Crippen LogP contribution is -2.25. The number of sulfone groups is 1. The summed E-state index contributed by atoms with van der Waals surface area (Å²) < 4.78 is 62.7. The molecule has 1 unspecified atom stereocenters. The van der Waals surface area contributed by atoms with Gasteiger partial charge in [-0.15, -0.1) is 11.3 Å². The summed E-state index contributed by atoms with van der Waals surface area (Å²) in [5.41, 5.74) is 4.74. The van der Waals surface area contributed by atoms with Crippen LogP contribution in [0.3, 0.4) is 0 Å². The Kier molecular flexibility index (Phi) is 7.43. The first-order valence-corrected chi connectivity index (χ1v) is 12.5. The van der Waals surface area contributed by atoms with Gasteiger partial charge in [-0.1, -0.05) is 12.1 Å². The van der Waals surface area contributed by atoms with Crippen molar-refractivity contribution >= 4 is 26.9 Å². The van der Waals surface area contributed by atoms with Crippen LogP contribution >= 0.6 is 11.3 Å². The topological polar surface area (TPSA) is 96.0 Å². The summed E-state index contributed by atoms with van der Waals surface area (Å²) in [6.07, 6.45) is -2.47. The van der Waals surface area contributed by atoms with Gasteiger partial charge in [0.1, 0.15) is 5.70 Å². The first-order chi connectivity index (χ1) is 14.9. The molecule has 3 N–H and O–H groups in total. The number of nitrogens with two attached hydrogens (primary N) is 1. The third kappa shape index (κ3) is 6.41. The van der Waals surface area contributed by atoms with Gasteiger partial charge in [0.2, 0.25) is 0 Å². The van der Waals surface area contributed by atoms with Crippen LogP contribution in [-0.2, 0) is 9.84 Å². The fourth-order valence-electron chi connectivity index (χ4n) is 3.26. The molecule has 0 amide bonds. The number of benzene rings is 1. The summed E-state index contributed by atoms with van der Waals surface area (Å²) in [5.74, 6) is 0. The van der Waals surface area contributed by atoms with Gasteiger partial charge in [0, 0.05) is 30.8 Å². The zero-order chi connectivity index (χ0) is 23.5. The van der Waals surface area contributed by atoms with Crippen molar-refractivity contribution in [2.24, 2.45) is 10.7 Å². The lowest BCUT2D eigenvalue weighted by atomic mass is 10.2. The maximum absolute atomic E-state index is 13.0. The first kappa shape index (κ1) is 24.4. The van der Waals surface area contributed by atoms with E-state index < -0.39 is 21.7 Å². The van der Waals surface area contributed by atoms with Crippen LogP contribution in [0.2, 0.25) is 0 Å². The molecule has 11 heteroatoms. The summed E-state index contributed by atoms with van der Waals surface area (Å²) in [4.78, 5) is 7.69. The standard InChI is InChI=1S/C21H24F3N3O3S2/c1-32(29,30)16-4-2-3-14(11-16)18-5-6-19(31-18)17(12-20(25)21(22,23)24)26-8-10-27-9-7-15(28)13-27/h2-6,11-12,15,28H,7-10,13,25H2,1H3/b20-12-,26-17?. The molecular formula is C21H24F3N3O3S2. The highest BCUT2D eigenvalue weighted by atomic mass is 32.2. The zero-order valence-electron chi connectivity index (χ0n) is 17.3. The molecule has 1 aromatic heterocycles. The molecule has 6 nitrogen and oxygen atoms in total. The zero-order valence-corrected chi connectivity index (χ0v) is 19.0. The van der Waals surface area contributed by atoms with Crippen LogP contribution in [0.4, 0.5) is 13.2 Å². The molecule has 1 fully saturated rings. The Hall–Kier alpha value is -2.21. The number of β-amino-alcohol motifs (C(OH)–C–C–N with tert-alkyl or cyclic N) is 1. The monoisotopic (exact) mass is 487 g/mol. The highest BCUT2D eigenvalue weighted by molar-refractivity contribution is 7.90. The van der Waals surface area contributed by atoms with Crippen LogP contribution < -0.4 is 5.73 Å². The van der Waals surface area contributed by atoms with E-state index in [1.54, 1.807) is 24.3 Å². The largest absolute Gasteiger partial charge is 0.430 e. The van der Waals surface area contributed by atoms with Crippen molar-refractivity contribution in [1.82, 2.24) is 4.90 Å². The van der Waals surface area contributed by atoms with Crippen LogP contribution in [0.5, 0.6) is 0 Å². The Morgan fingerprint density at radius 3 is 2.72 bits per heavy atom. The van der Waals surface area contributed by atoms with Crippen molar-refractivity contribution in [2.45, 2.75) is 23.6 Å². The molecule has 1 atom stereocenters. The van der Waals surface area contributed by atoms with Crippen LogP contribution in [0.15, 0.2) is 58.1 Å². The normalized spacial score (nSPS) is 19.0. The Morgan fingerprint density at radius 2 is 2.09 bits per heavy atom. The first-order valence-electron chi connectivity index (χ1n) is 9.83. The summed E-state index contributed by atoms with van der Waals surface area (Å²) >= 11 is 1.20. The van der Waals surface area contributed by atoms with Gasteiger partial charge in [-0.25, -0.2) is 8.42 Å². The van der Waals surface area contributed by atoms with Crippen molar-refractivity contribution in [3.8, 4) is 10.4 Å². The van der Waals surface area contributed by atoms with Gasteiger partial charge in [0.05, 0.1) is 28.1 Å². The number of aliphatic hydroxyl groups is 1. The Bertz CT molecular complexity index is 1120. The molecule has 0 bridgehead atoms. The summed E-state index contributed by atoms with van der Waals surface area (Å²) in [7, 11) is -3.39. The van der Waals surface area contributed by atoms with E-state index in [2.05, 4.69) is 4.99 Å². The fraction of sp³-hybridized carbons (Fsp3) is 0.381. The van der Waals surface area contributed by atoms with Gasteiger partial charge in [0.25, 0.3) is 0 Å². The Balaban J connectivity index is 1.88. The van der Waals surface area contributed by atoms with E-state index in [4.69, 9.17) is 5.73 Å². The lowest BCUT2D eigenvalue weighted by Gasteiger charge is -2.13. The number of hydrogen-bond acceptors (Lipinski definition) is 7. The second-order valence-corrected chi connectivity index (χ2v) is 10.7. The second kappa shape index (κ2) is 9.74. The van der Waals surface area contributed by atoms with Gasteiger partial charge in [-0.2, -0.15) is 13.2 Å². The molecule has 174 valence electrons. The predicted molar refractivity (Wildman–Crippen MR) is 120 cm³/mol. The molecule has 3 rings (SSSR count). The highest BCUT2D eigenvalue weighted by Crippen LogP contribution is 2.31. The van der Waals surface area contributed by atoms with E-state index >= 15 is 0 Å². The SMILES string of the molecule is CS(=O)(=O)c1cccc(-c2ccc(C(/C=C(\N)C(F)(F)F)=NCCN3CCC(O)C3)s2)c1. The number of alkyl halides is 3. The van der Waals surface area contributed by atoms with Gasteiger partial charge >= 0.3 is 6.18 Å². The molecule has 0 spiro atoms. The minimum Gasteiger partial charge on any atom is -0.395 e. The number of allylic oxidation sites excluding steroid dienone is 2. The molecule has 0 radical (unpaired) electrons. The van der Waals surface area contributed by atoms with Crippen LogP contribution in [0.25, 0.3) is 10.4 Å². The molecule has 0 aliphatic carbocycles. The van der Waals surface area contributed by atoms with Crippen molar-refractivity contribution in [3.63, 3.8) is 0 Å². The van der Waals surface area contributed by atoms with E-state index in [0.717, 1.165) is 12.3 Å². The van der Waals surface area contributed by atoms with Crippen molar-refractivity contribution in [1.29, 1.82) is 0 Å². The number of likely N-dealkylation sites (tertiary alicyclic amines) is 1. The molecule has 32 heavy (non-hydrogen) atoms. The van der Waals surface area contributed by atoms with Gasteiger partial charge in [0.15, 0.2) is 9.84 Å². The number of aliphatic hydroxyl groups excluding tert-OH is 1. The van der Waals surface area contributed by atoms with E-state index in [9.17, 15) is 26.7 Å². The molecule has 2 aromatic rings. The average Bonchev–Trinajstić information content (AvgIpc) is 3.35. The van der Waals surface area contributed by atoms with E-state index in [-0.39, 0.29) is 23.3 Å². The molecular weight excluding hydrogens is 463 g/mol. The third-order valence-corrected chi connectivity index (χ3v) is 7.24. The summed E-state index contributed by atoms with van der Waals surface area (Å²) in [5, 5.41) is 9.61. The lowest BCUT2D eigenvalue weighted by molar-refractivity contribution is -0.0925. The van der Waals surface area contributed by atoms with Crippen molar-refractivity contribution in [3.05, 3.63) is 53.0 Å². The summed E-state index contributed by atoms with van der Waals surface area (Å²) in [6, 6.07) is 9.73. The number of rotatable bonds is 7. The molecule has 1 aromatic carbocycles. The van der Waals surface area contributed by atoms with Crippen LogP contribution in [0.1, 0.15) is 11.3 Å². The van der Waals surface area contributed by atoms with Crippen molar-refractivity contribution < 1.29 is 26.7 Å². The smallest absolute Gasteiger partial charge is 0.395 e. The molecule has 2 heterocycles. The average molecular weight is 488 g/mol. The minimum absolute atomic E-state index is 0.107. The predicted octanol–water partition coefficient (Wildman–Crippen LogP) is 3.08. The van der Waals surface area contributed by atoms with Gasteiger partial charge in [-0.3, -0.25) is 9.89 Å². The number of hydrogen-bond donors (Lipinski definition) is 2. The number of nitrogens with zero attached hydrogens (tertiary/aromatic N) is 2. The summed E-state index contributed by atoms with van der Waals surface area (Å²) in [6.45, 7) is 1.99. The van der Waals surface area contributed by atoms with Gasteiger partial charge in [-0.05, 0) is 42.3 Å². The third-order valence-electron chi connectivity index (χ3n) is 4.97. The molecule has 1 aliphatic heterocycles. The van der Waals surface area contributed by atoms with Crippen LogP contribution in [0, 0.1) is 0 Å². The fourth-order valence-corrected chi connectivity index (χ4v) is 4.91. The van der Waals surface area contributed by atoms with E-state index in [1.807, 2.05) is 4.90 Å². The van der Waals surface area contributed by atoms with Crippen molar-refractivity contribution in [2.75, 3.05) is 32.4 Å². The number of aliphatic imine (C=N–C) groups is 1. The van der Waals surface area contributed by atoms with Crippen LogP contribution in [-0.4, -0.2) is 68.9 Å². The van der Waals surface area contributed by atoms with E-state index in [1.165, 1.54) is 23.5 Å². The minimum atomic E-state index is -4.68. The highest BCUT2D eigenvalue weighted by Gasteiger charge is 2.32. The maximum atomic E-state index is 13.0. The Labute approximate surface area is 188 Å². The maximum Gasteiger partial charge on any atom is 0.430 e. The molecule has 1 saturated heterocycles. The molecule has 0 saturated carbocycles. The van der Waals surface area contributed by atoms with Gasteiger partial charge < -0.3 is 10.8 Å².